The van der Waals surface area contributed by atoms with E-state index in [2.05, 4.69) is 29.5 Å². The van der Waals surface area contributed by atoms with E-state index in [1.54, 1.807) is 11.3 Å². The van der Waals surface area contributed by atoms with Crippen molar-refractivity contribution in [2.45, 2.75) is 52.0 Å². The Bertz CT molecular complexity index is 300. The minimum absolute atomic E-state index is 0.665. The fourth-order valence-electron chi connectivity index (χ4n) is 2.31. The first-order chi connectivity index (χ1) is 7.28. The fraction of sp³-hybridized carbons (Fsp3) is 0.750. The van der Waals surface area contributed by atoms with E-state index in [9.17, 15) is 0 Å². The molecule has 0 spiro atoms. The number of aromatic nitrogens is 1. The van der Waals surface area contributed by atoms with Gasteiger partial charge in [0, 0.05) is 11.4 Å². The third kappa shape index (κ3) is 2.94. The van der Waals surface area contributed by atoms with Gasteiger partial charge in [-0.15, -0.1) is 11.3 Å². The van der Waals surface area contributed by atoms with E-state index in [4.69, 9.17) is 0 Å². The molecule has 0 atom stereocenters. The summed E-state index contributed by atoms with van der Waals surface area (Å²) in [5, 5.41) is 6.77. The Balaban J connectivity index is 1.82. The van der Waals surface area contributed by atoms with E-state index in [1.165, 1.54) is 32.1 Å². The highest BCUT2D eigenvalue weighted by atomic mass is 32.1. The zero-order valence-electron chi connectivity index (χ0n) is 9.62. The molecular weight excluding hydrogens is 204 g/mol. The molecule has 1 saturated carbocycles. The molecule has 1 aliphatic carbocycles. The summed E-state index contributed by atoms with van der Waals surface area (Å²) in [5.74, 6) is 0.973. The monoisotopic (exact) mass is 224 g/mol. The van der Waals surface area contributed by atoms with Crippen LogP contribution in [0.5, 0.6) is 0 Å². The largest absolute Gasteiger partial charge is 0.359 e. The lowest BCUT2D eigenvalue weighted by Crippen LogP contribution is -2.25. The number of nitrogens with one attached hydrogen (secondary N) is 1. The van der Waals surface area contributed by atoms with Gasteiger partial charge >= 0.3 is 0 Å². The van der Waals surface area contributed by atoms with Crippen LogP contribution < -0.4 is 5.32 Å². The quantitative estimate of drug-likeness (QED) is 0.844. The van der Waals surface area contributed by atoms with Crippen LogP contribution in [-0.4, -0.2) is 11.0 Å². The Kier molecular flexibility index (Phi) is 3.62. The summed E-state index contributed by atoms with van der Waals surface area (Å²) in [7, 11) is 0. The van der Waals surface area contributed by atoms with E-state index in [0.717, 1.165) is 16.7 Å². The van der Waals surface area contributed by atoms with Crippen LogP contribution in [-0.2, 0) is 0 Å². The topological polar surface area (TPSA) is 24.9 Å². The zero-order chi connectivity index (χ0) is 10.7. The summed E-state index contributed by atoms with van der Waals surface area (Å²) in [6, 6.07) is 0.665. The van der Waals surface area contributed by atoms with Gasteiger partial charge in [-0.2, -0.15) is 0 Å². The second kappa shape index (κ2) is 4.97. The van der Waals surface area contributed by atoms with Crippen LogP contribution in [0.15, 0.2) is 5.38 Å². The van der Waals surface area contributed by atoms with E-state index in [-0.39, 0.29) is 0 Å². The maximum absolute atomic E-state index is 4.45. The third-order valence-corrected chi connectivity index (χ3v) is 4.26. The second-order valence-electron chi connectivity index (χ2n) is 4.56. The van der Waals surface area contributed by atoms with Crippen molar-refractivity contribution in [2.24, 2.45) is 5.92 Å². The number of thiazole rings is 1. The Morgan fingerprint density at radius 2 is 2.13 bits per heavy atom. The number of hydrogen-bond acceptors (Lipinski definition) is 3. The van der Waals surface area contributed by atoms with E-state index in [1.807, 2.05) is 0 Å². The normalized spacial score (nSPS) is 26.5. The summed E-state index contributed by atoms with van der Waals surface area (Å²) >= 11 is 1.73. The molecule has 2 rings (SSSR count). The SMILES string of the molecule is CCC1CCC(Nc2nc(C)cs2)CC1. The Hall–Kier alpha value is -0.570. The van der Waals surface area contributed by atoms with Crippen LogP contribution in [0.1, 0.15) is 44.7 Å². The van der Waals surface area contributed by atoms with Gasteiger partial charge in [-0.1, -0.05) is 13.3 Å². The van der Waals surface area contributed by atoms with Crippen LogP contribution in [0.3, 0.4) is 0 Å². The van der Waals surface area contributed by atoms with Crippen molar-refractivity contribution in [3.05, 3.63) is 11.1 Å². The molecule has 1 aromatic rings. The Labute approximate surface area is 96.1 Å². The molecule has 3 heteroatoms. The molecule has 15 heavy (non-hydrogen) atoms. The predicted molar refractivity (Wildman–Crippen MR) is 66.5 cm³/mol. The van der Waals surface area contributed by atoms with Crippen molar-refractivity contribution in [1.82, 2.24) is 4.98 Å². The lowest BCUT2D eigenvalue weighted by Gasteiger charge is -2.28. The second-order valence-corrected chi connectivity index (χ2v) is 5.42. The summed E-state index contributed by atoms with van der Waals surface area (Å²) in [4.78, 5) is 4.45. The molecule has 1 fully saturated rings. The van der Waals surface area contributed by atoms with E-state index in [0.29, 0.717) is 6.04 Å². The summed E-state index contributed by atoms with van der Waals surface area (Å²) < 4.78 is 0. The molecule has 0 amide bonds. The fourth-order valence-corrected chi connectivity index (χ4v) is 3.08. The van der Waals surface area contributed by atoms with E-state index >= 15 is 0 Å². The summed E-state index contributed by atoms with van der Waals surface area (Å²) in [6.07, 6.45) is 6.76. The van der Waals surface area contributed by atoms with Crippen molar-refractivity contribution in [1.29, 1.82) is 0 Å². The van der Waals surface area contributed by atoms with Crippen molar-refractivity contribution < 1.29 is 0 Å². The lowest BCUT2D eigenvalue weighted by atomic mass is 9.85. The number of anilines is 1. The number of hydrogen-bond donors (Lipinski definition) is 1. The zero-order valence-corrected chi connectivity index (χ0v) is 10.4. The van der Waals surface area contributed by atoms with Gasteiger partial charge in [0.1, 0.15) is 0 Å². The molecule has 0 bridgehead atoms. The Morgan fingerprint density at radius 3 is 2.67 bits per heavy atom. The van der Waals surface area contributed by atoms with Crippen LogP contribution in [0.25, 0.3) is 0 Å². The van der Waals surface area contributed by atoms with Gasteiger partial charge in [0.25, 0.3) is 0 Å². The van der Waals surface area contributed by atoms with E-state index < -0.39 is 0 Å². The summed E-state index contributed by atoms with van der Waals surface area (Å²) in [6.45, 7) is 4.36. The molecule has 1 heterocycles. The molecule has 1 aliphatic rings. The van der Waals surface area contributed by atoms with Gasteiger partial charge in [-0.05, 0) is 38.5 Å². The van der Waals surface area contributed by atoms with Gasteiger partial charge in [-0.3, -0.25) is 0 Å². The average molecular weight is 224 g/mol. The molecule has 0 aromatic carbocycles. The number of rotatable bonds is 3. The van der Waals surface area contributed by atoms with Crippen LogP contribution in [0, 0.1) is 12.8 Å². The van der Waals surface area contributed by atoms with Gasteiger partial charge in [0.15, 0.2) is 5.13 Å². The molecular formula is C12H20N2S. The van der Waals surface area contributed by atoms with Crippen molar-refractivity contribution in [3.8, 4) is 0 Å². The molecule has 1 aromatic heterocycles. The first-order valence-electron chi connectivity index (χ1n) is 5.96. The molecule has 1 N–H and O–H groups in total. The molecule has 84 valence electrons. The van der Waals surface area contributed by atoms with Gasteiger partial charge < -0.3 is 5.32 Å². The third-order valence-electron chi connectivity index (χ3n) is 3.37. The van der Waals surface area contributed by atoms with Crippen molar-refractivity contribution in [3.63, 3.8) is 0 Å². The smallest absolute Gasteiger partial charge is 0.183 e. The highest BCUT2D eigenvalue weighted by molar-refractivity contribution is 7.13. The number of nitrogens with zero attached hydrogens (tertiary/aromatic N) is 1. The maximum Gasteiger partial charge on any atom is 0.183 e. The molecule has 2 nitrogen and oxygen atoms in total. The molecule has 0 radical (unpaired) electrons. The van der Waals surface area contributed by atoms with Gasteiger partial charge in [-0.25, -0.2) is 4.98 Å². The average Bonchev–Trinajstić information content (AvgIpc) is 2.65. The maximum atomic E-state index is 4.45. The van der Waals surface area contributed by atoms with Crippen molar-refractivity contribution in [2.75, 3.05) is 5.32 Å². The van der Waals surface area contributed by atoms with Crippen LogP contribution >= 0.6 is 11.3 Å². The molecule has 0 aliphatic heterocycles. The number of aryl methyl sites for hydroxylation is 1. The lowest BCUT2D eigenvalue weighted by molar-refractivity contribution is 0.330. The minimum atomic E-state index is 0.665. The van der Waals surface area contributed by atoms with Gasteiger partial charge in [0.2, 0.25) is 0 Å². The first-order valence-corrected chi connectivity index (χ1v) is 6.84. The molecule has 0 saturated heterocycles. The highest BCUT2D eigenvalue weighted by Crippen LogP contribution is 2.29. The minimum Gasteiger partial charge on any atom is -0.359 e. The predicted octanol–water partition coefficient (Wildman–Crippen LogP) is 3.83. The van der Waals surface area contributed by atoms with Crippen LogP contribution in [0.2, 0.25) is 0 Å². The first kappa shape index (κ1) is 10.9. The van der Waals surface area contributed by atoms with Crippen LogP contribution in [0.4, 0.5) is 5.13 Å². The standard InChI is InChI=1S/C12H20N2S/c1-3-10-4-6-11(7-5-10)14-12-13-9(2)8-15-12/h8,10-11H,3-7H2,1-2H3,(H,13,14). The molecule has 0 unspecified atom stereocenters. The highest BCUT2D eigenvalue weighted by Gasteiger charge is 2.20. The summed E-state index contributed by atoms with van der Waals surface area (Å²) in [5.41, 5.74) is 1.13. The van der Waals surface area contributed by atoms with Gasteiger partial charge in [0.05, 0.1) is 5.69 Å². The Morgan fingerprint density at radius 1 is 1.40 bits per heavy atom. The van der Waals surface area contributed by atoms with Crippen molar-refractivity contribution >= 4 is 16.5 Å².